The summed E-state index contributed by atoms with van der Waals surface area (Å²) >= 11 is 6.10. The number of aromatic hydroxyl groups is 1. The van der Waals surface area contributed by atoms with Gasteiger partial charge in [0, 0.05) is 22.2 Å². The number of halogens is 1. The predicted octanol–water partition coefficient (Wildman–Crippen LogP) is 6.51. The SMILES string of the molecule is CC.O=c1cc(-c2ccc(O)cc2)oc2c(-c3cccc(Cl)c3)cccc12. The summed E-state index contributed by atoms with van der Waals surface area (Å²) in [5.74, 6) is 0.610. The molecule has 1 aromatic heterocycles. The first-order valence-electron chi connectivity index (χ1n) is 8.74. The van der Waals surface area contributed by atoms with Crippen LogP contribution in [0.3, 0.4) is 0 Å². The third-order valence-corrected chi connectivity index (χ3v) is 4.28. The van der Waals surface area contributed by atoms with E-state index in [0.717, 1.165) is 16.7 Å². The highest BCUT2D eigenvalue weighted by Gasteiger charge is 2.12. The van der Waals surface area contributed by atoms with Crippen LogP contribution in [0.2, 0.25) is 5.02 Å². The Kier molecular flexibility index (Phi) is 5.63. The predicted molar refractivity (Wildman–Crippen MR) is 111 cm³/mol. The molecule has 0 aliphatic carbocycles. The van der Waals surface area contributed by atoms with Crippen LogP contribution in [0.4, 0.5) is 0 Å². The first kappa shape index (κ1) is 18.7. The molecule has 1 N–H and O–H groups in total. The molecule has 4 aromatic rings. The van der Waals surface area contributed by atoms with Crippen LogP contribution in [0, 0.1) is 0 Å². The maximum atomic E-state index is 12.6. The Bertz CT molecular complexity index is 1130. The Balaban J connectivity index is 0.00000102. The highest BCUT2D eigenvalue weighted by Crippen LogP contribution is 2.32. The summed E-state index contributed by atoms with van der Waals surface area (Å²) in [6.07, 6.45) is 0. The third kappa shape index (κ3) is 3.88. The monoisotopic (exact) mass is 378 g/mol. The molecule has 0 radical (unpaired) electrons. The van der Waals surface area contributed by atoms with Crippen LogP contribution in [-0.2, 0) is 0 Å². The first-order valence-corrected chi connectivity index (χ1v) is 9.12. The van der Waals surface area contributed by atoms with Crippen molar-refractivity contribution >= 4 is 22.6 Å². The molecule has 0 aliphatic heterocycles. The van der Waals surface area contributed by atoms with Gasteiger partial charge < -0.3 is 9.52 Å². The second-order valence-electron chi connectivity index (χ2n) is 5.71. The Labute approximate surface area is 162 Å². The normalized spacial score (nSPS) is 10.3. The minimum atomic E-state index is -0.117. The van der Waals surface area contributed by atoms with Gasteiger partial charge in [-0.25, -0.2) is 0 Å². The molecule has 1 heterocycles. The minimum absolute atomic E-state index is 0.117. The second-order valence-corrected chi connectivity index (χ2v) is 6.15. The van der Waals surface area contributed by atoms with Crippen LogP contribution < -0.4 is 5.43 Å². The van der Waals surface area contributed by atoms with Gasteiger partial charge in [0.25, 0.3) is 0 Å². The van der Waals surface area contributed by atoms with Gasteiger partial charge in [-0.1, -0.05) is 49.7 Å². The maximum Gasteiger partial charge on any atom is 0.193 e. The third-order valence-electron chi connectivity index (χ3n) is 4.04. The van der Waals surface area contributed by atoms with Crippen LogP contribution in [-0.4, -0.2) is 5.11 Å². The zero-order valence-electron chi connectivity index (χ0n) is 15.1. The first-order chi connectivity index (χ1) is 13.1. The van der Waals surface area contributed by atoms with E-state index in [-0.39, 0.29) is 11.2 Å². The highest BCUT2D eigenvalue weighted by molar-refractivity contribution is 6.30. The van der Waals surface area contributed by atoms with E-state index in [9.17, 15) is 9.90 Å². The number of hydrogen-bond donors (Lipinski definition) is 1. The molecule has 0 amide bonds. The van der Waals surface area contributed by atoms with Crippen molar-refractivity contribution in [3.63, 3.8) is 0 Å². The quantitative estimate of drug-likeness (QED) is 0.432. The molecular formula is C23H19ClO3. The van der Waals surface area contributed by atoms with E-state index >= 15 is 0 Å². The zero-order chi connectivity index (χ0) is 19.4. The summed E-state index contributed by atoms with van der Waals surface area (Å²) in [5, 5.41) is 10.6. The molecular weight excluding hydrogens is 360 g/mol. The molecule has 136 valence electrons. The van der Waals surface area contributed by atoms with Gasteiger partial charge in [0.15, 0.2) is 5.43 Å². The number of rotatable bonds is 2. The number of fused-ring (bicyclic) bond motifs is 1. The lowest BCUT2D eigenvalue weighted by Crippen LogP contribution is -2.01. The molecule has 0 bridgehead atoms. The molecule has 4 rings (SSSR count). The number of phenols is 1. The minimum Gasteiger partial charge on any atom is -0.508 e. The summed E-state index contributed by atoms with van der Waals surface area (Å²) < 4.78 is 6.07. The van der Waals surface area contributed by atoms with Crippen molar-refractivity contribution in [1.29, 1.82) is 0 Å². The van der Waals surface area contributed by atoms with E-state index in [1.54, 1.807) is 36.4 Å². The molecule has 3 aromatic carbocycles. The molecule has 0 atom stereocenters. The van der Waals surface area contributed by atoms with E-state index in [1.165, 1.54) is 6.07 Å². The summed E-state index contributed by atoms with van der Waals surface area (Å²) in [4.78, 5) is 12.6. The molecule has 0 saturated heterocycles. The summed E-state index contributed by atoms with van der Waals surface area (Å²) in [6.45, 7) is 4.00. The van der Waals surface area contributed by atoms with Crippen LogP contribution in [0.5, 0.6) is 5.75 Å². The van der Waals surface area contributed by atoms with Gasteiger partial charge in [0.05, 0.1) is 5.39 Å². The van der Waals surface area contributed by atoms with Crippen LogP contribution in [0.15, 0.2) is 82.0 Å². The largest absolute Gasteiger partial charge is 0.508 e. The van der Waals surface area contributed by atoms with Gasteiger partial charge in [-0.15, -0.1) is 0 Å². The lowest BCUT2D eigenvalue weighted by Gasteiger charge is -2.08. The molecule has 0 saturated carbocycles. The average Bonchev–Trinajstić information content (AvgIpc) is 2.69. The number of hydrogen-bond acceptors (Lipinski definition) is 3. The fraction of sp³-hybridized carbons (Fsp3) is 0.0870. The smallest absolute Gasteiger partial charge is 0.193 e. The Morgan fingerprint density at radius 1 is 0.852 bits per heavy atom. The maximum absolute atomic E-state index is 12.6. The fourth-order valence-corrected chi connectivity index (χ4v) is 3.02. The molecule has 3 nitrogen and oxygen atoms in total. The summed E-state index contributed by atoms with van der Waals surface area (Å²) in [5.41, 5.74) is 2.80. The Morgan fingerprint density at radius 2 is 1.56 bits per heavy atom. The van der Waals surface area contributed by atoms with Crippen molar-refractivity contribution in [3.05, 3.63) is 88.0 Å². The lowest BCUT2D eigenvalue weighted by atomic mass is 10.0. The number of para-hydroxylation sites is 1. The summed E-state index contributed by atoms with van der Waals surface area (Å²) in [6, 6.07) is 20.9. The van der Waals surface area contributed by atoms with Crippen molar-refractivity contribution in [3.8, 4) is 28.2 Å². The van der Waals surface area contributed by atoms with E-state index in [1.807, 2.05) is 44.2 Å². The molecule has 27 heavy (non-hydrogen) atoms. The van der Waals surface area contributed by atoms with Crippen LogP contribution in [0.25, 0.3) is 33.4 Å². The molecule has 0 fully saturated rings. The van der Waals surface area contributed by atoms with Gasteiger partial charge in [-0.2, -0.15) is 0 Å². The van der Waals surface area contributed by atoms with E-state index in [4.69, 9.17) is 16.0 Å². The van der Waals surface area contributed by atoms with E-state index in [0.29, 0.717) is 21.8 Å². The Hall–Kier alpha value is -3.04. The van der Waals surface area contributed by atoms with Crippen molar-refractivity contribution in [2.75, 3.05) is 0 Å². The zero-order valence-corrected chi connectivity index (χ0v) is 15.8. The van der Waals surface area contributed by atoms with Gasteiger partial charge in [0.1, 0.15) is 17.1 Å². The van der Waals surface area contributed by atoms with Gasteiger partial charge in [0.2, 0.25) is 0 Å². The van der Waals surface area contributed by atoms with Gasteiger partial charge in [-0.3, -0.25) is 4.79 Å². The van der Waals surface area contributed by atoms with E-state index in [2.05, 4.69) is 0 Å². The standard InChI is InChI=1S/C21H13ClO3.C2H6/c22-15-4-1-3-14(11-15)17-5-2-6-18-19(24)12-20(25-21(17)18)13-7-9-16(23)10-8-13;1-2/h1-12,23H;1-2H3. The van der Waals surface area contributed by atoms with Crippen molar-refractivity contribution in [2.45, 2.75) is 13.8 Å². The van der Waals surface area contributed by atoms with Crippen molar-refractivity contribution < 1.29 is 9.52 Å². The lowest BCUT2D eigenvalue weighted by molar-refractivity contribution is 0.475. The number of phenolic OH excluding ortho intramolecular Hbond substituents is 1. The van der Waals surface area contributed by atoms with Crippen molar-refractivity contribution in [2.24, 2.45) is 0 Å². The average molecular weight is 379 g/mol. The topological polar surface area (TPSA) is 50.4 Å². The van der Waals surface area contributed by atoms with Gasteiger partial charge in [-0.05, 0) is 48.0 Å². The highest BCUT2D eigenvalue weighted by atomic mass is 35.5. The summed E-state index contributed by atoms with van der Waals surface area (Å²) in [7, 11) is 0. The van der Waals surface area contributed by atoms with Crippen LogP contribution in [0.1, 0.15) is 13.8 Å². The second kappa shape index (κ2) is 8.11. The van der Waals surface area contributed by atoms with E-state index < -0.39 is 0 Å². The molecule has 0 aliphatic rings. The van der Waals surface area contributed by atoms with Crippen molar-refractivity contribution in [1.82, 2.24) is 0 Å². The van der Waals surface area contributed by atoms with Crippen LogP contribution >= 0.6 is 11.6 Å². The molecule has 0 spiro atoms. The molecule has 4 heteroatoms. The van der Waals surface area contributed by atoms with Gasteiger partial charge >= 0.3 is 0 Å². The fourth-order valence-electron chi connectivity index (χ4n) is 2.83. The number of benzene rings is 3. The Morgan fingerprint density at radius 3 is 2.26 bits per heavy atom. The molecule has 0 unspecified atom stereocenters.